The van der Waals surface area contributed by atoms with Crippen molar-refractivity contribution in [2.45, 2.75) is 65.0 Å². The zero-order chi connectivity index (χ0) is 14.5. The fraction of sp³-hybridized carbons (Fsp3) is 0.867. The minimum Gasteiger partial charge on any atom is -0.370 e. The highest BCUT2D eigenvalue weighted by Gasteiger charge is 2.28. The Morgan fingerprint density at radius 2 is 2.00 bits per heavy atom. The van der Waals surface area contributed by atoms with E-state index in [1.54, 1.807) is 0 Å². The number of ether oxygens (including phenoxy) is 1. The molecule has 1 aliphatic carbocycles. The molecule has 0 radical (unpaired) electrons. The maximum absolute atomic E-state index is 6.30. The van der Waals surface area contributed by atoms with Crippen LogP contribution in [0.15, 0.2) is 4.52 Å². The van der Waals surface area contributed by atoms with Crippen LogP contribution < -0.4 is 5.73 Å². The van der Waals surface area contributed by atoms with Crippen molar-refractivity contribution in [3.8, 4) is 0 Å². The fourth-order valence-electron chi connectivity index (χ4n) is 2.94. The molecule has 1 aliphatic rings. The normalized spacial score (nSPS) is 20.2. The minimum atomic E-state index is -0.133. The van der Waals surface area contributed by atoms with Gasteiger partial charge >= 0.3 is 0 Å². The van der Waals surface area contributed by atoms with Gasteiger partial charge in [0.25, 0.3) is 0 Å². The molecule has 2 N–H and O–H groups in total. The molecule has 2 unspecified atom stereocenters. The molecule has 2 atom stereocenters. The summed E-state index contributed by atoms with van der Waals surface area (Å²) in [4.78, 5) is 4.50. The van der Waals surface area contributed by atoms with Crippen molar-refractivity contribution in [2.24, 2.45) is 17.6 Å². The average molecular weight is 281 g/mol. The first-order valence-electron chi connectivity index (χ1n) is 7.84. The van der Waals surface area contributed by atoms with E-state index in [1.807, 2.05) is 6.92 Å². The Bertz CT molecular complexity index is 400. The summed E-state index contributed by atoms with van der Waals surface area (Å²) in [5.41, 5.74) is 6.30. The van der Waals surface area contributed by atoms with Crippen LogP contribution in [0.3, 0.4) is 0 Å². The van der Waals surface area contributed by atoms with Crippen LogP contribution >= 0.6 is 0 Å². The van der Waals surface area contributed by atoms with Gasteiger partial charge in [-0.2, -0.15) is 4.98 Å². The third-order valence-corrected chi connectivity index (χ3v) is 4.11. The molecular formula is C15H27N3O2. The van der Waals surface area contributed by atoms with Gasteiger partial charge in [-0.25, -0.2) is 0 Å². The van der Waals surface area contributed by atoms with Gasteiger partial charge in [0.1, 0.15) is 6.10 Å². The van der Waals surface area contributed by atoms with Gasteiger partial charge in [-0.05, 0) is 31.6 Å². The molecule has 2 rings (SSSR count). The monoisotopic (exact) mass is 281 g/mol. The van der Waals surface area contributed by atoms with Crippen molar-refractivity contribution in [3.05, 3.63) is 11.7 Å². The van der Waals surface area contributed by atoms with Gasteiger partial charge in [-0.3, -0.25) is 0 Å². The summed E-state index contributed by atoms with van der Waals surface area (Å²) in [6.45, 7) is 6.81. The van der Waals surface area contributed by atoms with Gasteiger partial charge in [-0.15, -0.1) is 0 Å². The highest BCUT2D eigenvalue weighted by Crippen LogP contribution is 2.33. The summed E-state index contributed by atoms with van der Waals surface area (Å²) in [7, 11) is 0. The van der Waals surface area contributed by atoms with Gasteiger partial charge in [0.05, 0.1) is 6.04 Å². The summed E-state index contributed by atoms with van der Waals surface area (Å²) in [5.74, 6) is 1.98. The van der Waals surface area contributed by atoms with Crippen molar-refractivity contribution in [1.82, 2.24) is 10.1 Å². The van der Waals surface area contributed by atoms with Crippen LogP contribution in [0.2, 0.25) is 0 Å². The summed E-state index contributed by atoms with van der Waals surface area (Å²) < 4.78 is 11.1. The van der Waals surface area contributed by atoms with Gasteiger partial charge in [0, 0.05) is 6.61 Å². The Morgan fingerprint density at radius 3 is 2.60 bits per heavy atom. The molecule has 1 heterocycles. The van der Waals surface area contributed by atoms with Gasteiger partial charge in [0.2, 0.25) is 11.7 Å². The van der Waals surface area contributed by atoms with Crippen molar-refractivity contribution in [3.63, 3.8) is 0 Å². The molecule has 0 spiro atoms. The molecule has 0 aromatic carbocycles. The van der Waals surface area contributed by atoms with E-state index in [-0.39, 0.29) is 12.1 Å². The maximum atomic E-state index is 6.30. The summed E-state index contributed by atoms with van der Waals surface area (Å²) in [6.07, 6.45) is 6.05. The lowest BCUT2D eigenvalue weighted by atomic mass is 9.84. The van der Waals surface area contributed by atoms with Crippen molar-refractivity contribution in [1.29, 1.82) is 0 Å². The summed E-state index contributed by atoms with van der Waals surface area (Å²) in [6, 6.07) is -0.133. The molecule has 5 nitrogen and oxygen atoms in total. The molecule has 1 saturated carbocycles. The Hall–Kier alpha value is -0.940. The van der Waals surface area contributed by atoms with Gasteiger partial charge in [-0.1, -0.05) is 38.3 Å². The van der Waals surface area contributed by atoms with Crippen molar-refractivity contribution in [2.75, 3.05) is 6.61 Å². The molecule has 0 saturated heterocycles. The van der Waals surface area contributed by atoms with Crippen molar-refractivity contribution >= 4 is 0 Å². The summed E-state index contributed by atoms with van der Waals surface area (Å²) >= 11 is 0. The molecule has 1 aromatic rings. The van der Waals surface area contributed by atoms with Crippen molar-refractivity contribution < 1.29 is 9.26 Å². The second-order valence-corrected chi connectivity index (χ2v) is 6.03. The van der Waals surface area contributed by atoms with Crippen LogP contribution in [0.1, 0.15) is 76.7 Å². The van der Waals surface area contributed by atoms with E-state index < -0.39 is 0 Å². The molecular weight excluding hydrogens is 254 g/mol. The third-order valence-electron chi connectivity index (χ3n) is 4.11. The highest BCUT2D eigenvalue weighted by molar-refractivity contribution is 4.98. The van der Waals surface area contributed by atoms with Crippen LogP contribution in [-0.4, -0.2) is 16.7 Å². The average Bonchev–Trinajstić information content (AvgIpc) is 2.94. The van der Waals surface area contributed by atoms with Gasteiger partial charge < -0.3 is 15.0 Å². The first kappa shape index (κ1) is 15.4. The number of hydrogen-bond acceptors (Lipinski definition) is 5. The molecule has 1 aromatic heterocycles. The predicted octanol–water partition coefficient (Wildman–Crippen LogP) is 3.38. The van der Waals surface area contributed by atoms with E-state index in [1.165, 1.54) is 19.3 Å². The Labute approximate surface area is 121 Å². The number of aromatic nitrogens is 2. The predicted molar refractivity (Wildman–Crippen MR) is 77.0 cm³/mol. The number of rotatable bonds is 6. The third kappa shape index (κ3) is 3.58. The first-order valence-corrected chi connectivity index (χ1v) is 7.84. The standard InChI is InChI=1S/C15H27N3O2/c1-4-19-13(10(2)3)14-17-15(20-18-14)12(16)11-8-6-5-7-9-11/h10-13H,4-9,16H2,1-3H3. The minimum absolute atomic E-state index is 0.115. The molecule has 20 heavy (non-hydrogen) atoms. The smallest absolute Gasteiger partial charge is 0.243 e. The maximum Gasteiger partial charge on any atom is 0.243 e. The molecule has 0 bridgehead atoms. The number of hydrogen-bond donors (Lipinski definition) is 1. The van der Waals surface area contributed by atoms with Crippen LogP contribution in [0.4, 0.5) is 0 Å². The number of nitrogens with zero attached hydrogens (tertiary/aromatic N) is 2. The van der Waals surface area contributed by atoms with E-state index in [0.717, 1.165) is 12.8 Å². The fourth-order valence-corrected chi connectivity index (χ4v) is 2.94. The SMILES string of the molecule is CCOC(c1noc(C(N)C2CCCCC2)n1)C(C)C. The molecule has 0 aliphatic heterocycles. The van der Waals surface area contributed by atoms with E-state index in [2.05, 4.69) is 24.0 Å². The van der Waals surface area contributed by atoms with E-state index in [9.17, 15) is 0 Å². The Morgan fingerprint density at radius 1 is 1.30 bits per heavy atom. The molecule has 114 valence electrons. The zero-order valence-electron chi connectivity index (χ0n) is 12.8. The first-order chi connectivity index (χ1) is 9.63. The largest absolute Gasteiger partial charge is 0.370 e. The van der Waals surface area contributed by atoms with Crippen LogP contribution in [-0.2, 0) is 4.74 Å². The quantitative estimate of drug-likeness (QED) is 0.865. The molecule has 0 amide bonds. The lowest BCUT2D eigenvalue weighted by molar-refractivity contribution is 0.0217. The van der Waals surface area contributed by atoms with E-state index in [4.69, 9.17) is 15.0 Å². The highest BCUT2D eigenvalue weighted by atomic mass is 16.5. The Balaban J connectivity index is 2.06. The topological polar surface area (TPSA) is 74.2 Å². The van der Waals surface area contributed by atoms with Crippen LogP contribution in [0.5, 0.6) is 0 Å². The van der Waals surface area contributed by atoms with E-state index >= 15 is 0 Å². The lowest BCUT2D eigenvalue weighted by Crippen LogP contribution is -2.24. The van der Waals surface area contributed by atoms with Crippen LogP contribution in [0.25, 0.3) is 0 Å². The second-order valence-electron chi connectivity index (χ2n) is 6.03. The molecule has 5 heteroatoms. The lowest BCUT2D eigenvalue weighted by Gasteiger charge is -2.24. The Kier molecular flexibility index (Phi) is 5.54. The number of nitrogens with two attached hydrogens (primary N) is 1. The second kappa shape index (κ2) is 7.18. The summed E-state index contributed by atoms with van der Waals surface area (Å²) in [5, 5.41) is 4.08. The zero-order valence-corrected chi connectivity index (χ0v) is 12.8. The van der Waals surface area contributed by atoms with E-state index in [0.29, 0.717) is 30.2 Å². The van der Waals surface area contributed by atoms with Crippen LogP contribution in [0, 0.1) is 11.8 Å². The molecule has 1 fully saturated rings. The van der Waals surface area contributed by atoms with Gasteiger partial charge in [0.15, 0.2) is 0 Å².